The molecule has 0 spiro atoms. The third-order valence-corrected chi connectivity index (χ3v) is 9.12. The molecular weight excluding hydrogens is 487 g/mol. The van der Waals surface area contributed by atoms with Gasteiger partial charge in [0.2, 0.25) is 0 Å². The van der Waals surface area contributed by atoms with Gasteiger partial charge < -0.3 is 9.47 Å². The Kier molecular flexibility index (Phi) is 4.81. The zero-order valence-electron chi connectivity index (χ0n) is 20.7. The number of fused-ring (bicyclic) bond motifs is 1. The van der Waals surface area contributed by atoms with Crippen molar-refractivity contribution in [3.63, 3.8) is 0 Å². The SMILES string of the molecule is Cc1nc2c(C34CC(C(F)(F)F)(C3)C4)nc([C@H]3CCO[C@@H](c4cnn(C5COC5)c4)C3)cn2c(=O)c1C. The van der Waals surface area contributed by atoms with Crippen molar-refractivity contribution in [1.29, 1.82) is 0 Å². The fourth-order valence-corrected chi connectivity index (χ4v) is 6.64. The van der Waals surface area contributed by atoms with Gasteiger partial charge in [0, 0.05) is 47.2 Å². The Bertz CT molecular complexity index is 1450. The Morgan fingerprint density at radius 1 is 1.11 bits per heavy atom. The van der Waals surface area contributed by atoms with Crippen LogP contribution in [0, 0.1) is 19.3 Å². The van der Waals surface area contributed by atoms with Crippen LogP contribution < -0.4 is 5.56 Å². The molecule has 0 N–H and O–H groups in total. The Morgan fingerprint density at radius 2 is 1.86 bits per heavy atom. The van der Waals surface area contributed by atoms with E-state index in [4.69, 9.17) is 14.5 Å². The molecule has 3 aromatic rings. The Balaban J connectivity index is 1.25. The molecule has 5 heterocycles. The molecule has 8 nitrogen and oxygen atoms in total. The van der Waals surface area contributed by atoms with Crippen molar-refractivity contribution in [3.05, 3.63) is 57.2 Å². The normalized spacial score (nSPS) is 31.6. The lowest BCUT2D eigenvalue weighted by Crippen LogP contribution is -2.70. The van der Waals surface area contributed by atoms with E-state index in [9.17, 15) is 18.0 Å². The lowest BCUT2D eigenvalue weighted by Gasteiger charge is -2.70. The van der Waals surface area contributed by atoms with Gasteiger partial charge in [-0.2, -0.15) is 18.3 Å². The topological polar surface area (TPSA) is 83.5 Å². The Morgan fingerprint density at radius 3 is 2.54 bits per heavy atom. The minimum absolute atomic E-state index is 0.00489. The van der Waals surface area contributed by atoms with E-state index in [-0.39, 0.29) is 42.9 Å². The number of nitrogens with zero attached hydrogens (tertiary/aromatic N) is 5. The first-order valence-corrected chi connectivity index (χ1v) is 12.8. The van der Waals surface area contributed by atoms with E-state index in [0.29, 0.717) is 61.0 Å². The lowest BCUT2D eigenvalue weighted by molar-refractivity contribution is -0.337. The molecule has 37 heavy (non-hydrogen) atoms. The zero-order chi connectivity index (χ0) is 25.7. The van der Waals surface area contributed by atoms with Crippen LogP contribution >= 0.6 is 0 Å². The van der Waals surface area contributed by atoms with Crippen molar-refractivity contribution in [2.24, 2.45) is 5.41 Å². The molecular formula is C26H28F3N5O3. The van der Waals surface area contributed by atoms with Gasteiger partial charge in [-0.15, -0.1) is 0 Å². The van der Waals surface area contributed by atoms with Crippen LogP contribution in [0.15, 0.2) is 23.4 Å². The molecule has 0 unspecified atom stereocenters. The third kappa shape index (κ3) is 3.29. The molecule has 8 rings (SSSR count). The predicted molar refractivity (Wildman–Crippen MR) is 125 cm³/mol. The van der Waals surface area contributed by atoms with Crippen molar-refractivity contribution >= 4 is 5.65 Å². The summed E-state index contributed by atoms with van der Waals surface area (Å²) in [5.41, 5.74) is 1.25. The molecule has 11 heteroatoms. The van der Waals surface area contributed by atoms with E-state index < -0.39 is 17.0 Å². The fraction of sp³-hybridized carbons (Fsp3) is 0.615. The van der Waals surface area contributed by atoms with Crippen LogP contribution in [-0.2, 0) is 14.9 Å². The molecule has 0 radical (unpaired) electrons. The summed E-state index contributed by atoms with van der Waals surface area (Å²) in [4.78, 5) is 22.9. The van der Waals surface area contributed by atoms with Crippen LogP contribution in [0.1, 0.15) is 78.4 Å². The Hall–Kier alpha value is -2.79. The number of rotatable bonds is 4. The van der Waals surface area contributed by atoms with Crippen molar-refractivity contribution in [2.75, 3.05) is 19.8 Å². The number of aromatic nitrogens is 5. The van der Waals surface area contributed by atoms with Gasteiger partial charge >= 0.3 is 6.18 Å². The highest BCUT2D eigenvalue weighted by molar-refractivity contribution is 5.54. The van der Waals surface area contributed by atoms with Gasteiger partial charge in [-0.05, 0) is 46.0 Å². The van der Waals surface area contributed by atoms with Gasteiger partial charge in [-0.3, -0.25) is 18.9 Å². The summed E-state index contributed by atoms with van der Waals surface area (Å²) < 4.78 is 55.7. The second-order valence-electron chi connectivity index (χ2n) is 11.4. The molecule has 5 fully saturated rings. The molecule has 3 aliphatic carbocycles. The minimum atomic E-state index is -4.22. The second-order valence-corrected chi connectivity index (χ2v) is 11.4. The highest BCUT2D eigenvalue weighted by Gasteiger charge is 2.79. The first-order valence-electron chi connectivity index (χ1n) is 12.8. The van der Waals surface area contributed by atoms with Crippen molar-refractivity contribution in [3.8, 4) is 0 Å². The second kappa shape index (κ2) is 7.63. The summed E-state index contributed by atoms with van der Waals surface area (Å²) >= 11 is 0. The molecule has 5 aliphatic rings. The first kappa shape index (κ1) is 23.3. The number of hydrogen-bond acceptors (Lipinski definition) is 6. The van der Waals surface area contributed by atoms with Gasteiger partial charge in [-0.1, -0.05) is 0 Å². The van der Waals surface area contributed by atoms with E-state index >= 15 is 0 Å². The van der Waals surface area contributed by atoms with Crippen LogP contribution in [0.25, 0.3) is 5.65 Å². The van der Waals surface area contributed by atoms with E-state index in [0.717, 1.165) is 5.56 Å². The molecule has 2 bridgehead atoms. The maximum Gasteiger partial charge on any atom is 0.394 e. The highest BCUT2D eigenvalue weighted by Crippen LogP contribution is 2.78. The molecule has 2 atom stereocenters. The average Bonchev–Trinajstić information content (AvgIpc) is 3.23. The van der Waals surface area contributed by atoms with Crippen LogP contribution in [0.4, 0.5) is 13.2 Å². The van der Waals surface area contributed by atoms with Gasteiger partial charge in [0.1, 0.15) is 0 Å². The summed E-state index contributed by atoms with van der Waals surface area (Å²) in [5, 5.41) is 4.47. The molecule has 0 amide bonds. The van der Waals surface area contributed by atoms with Crippen molar-refractivity contribution in [1.82, 2.24) is 24.1 Å². The summed E-state index contributed by atoms with van der Waals surface area (Å²) in [6.07, 6.45) is 2.57. The summed E-state index contributed by atoms with van der Waals surface area (Å²) in [5.74, 6) is -0.00489. The highest BCUT2D eigenvalue weighted by atomic mass is 19.4. The number of hydrogen-bond donors (Lipinski definition) is 0. The lowest BCUT2D eigenvalue weighted by atomic mass is 9.34. The van der Waals surface area contributed by atoms with E-state index in [2.05, 4.69) is 10.1 Å². The van der Waals surface area contributed by atoms with E-state index in [1.807, 2.05) is 17.1 Å². The standard InChI is InChI=1S/C26H28F3N5O3/c1-14-15(2)31-22-21(24-11-25(12-24,13-24)26(27,28)29)32-19(8-33(22)23(14)35)16-3-4-37-20(5-16)17-6-30-34(7-17)18-9-36-10-18/h6-8,16,18,20H,3-5,9-13H2,1-2H3/t16-,20+,24?,25?/m0/s1. The third-order valence-electron chi connectivity index (χ3n) is 9.12. The number of aryl methyl sites for hydroxylation is 1. The van der Waals surface area contributed by atoms with Gasteiger partial charge in [-0.25, -0.2) is 4.98 Å². The zero-order valence-corrected chi connectivity index (χ0v) is 20.7. The largest absolute Gasteiger partial charge is 0.394 e. The molecule has 3 aromatic heterocycles. The molecule has 0 aromatic carbocycles. The molecule has 2 saturated heterocycles. The molecule has 3 saturated carbocycles. The van der Waals surface area contributed by atoms with E-state index in [1.54, 1.807) is 20.0 Å². The van der Waals surface area contributed by atoms with Crippen LogP contribution in [-0.4, -0.2) is 50.1 Å². The quantitative estimate of drug-likeness (QED) is 0.521. The maximum absolute atomic E-state index is 13.6. The predicted octanol–water partition coefficient (Wildman–Crippen LogP) is 4.09. The van der Waals surface area contributed by atoms with Gasteiger partial charge in [0.25, 0.3) is 5.56 Å². The van der Waals surface area contributed by atoms with Crippen molar-refractivity contribution in [2.45, 2.75) is 75.6 Å². The average molecular weight is 516 g/mol. The number of halogens is 3. The van der Waals surface area contributed by atoms with Crippen LogP contribution in [0.5, 0.6) is 0 Å². The summed E-state index contributed by atoms with van der Waals surface area (Å²) in [6.45, 7) is 5.30. The van der Waals surface area contributed by atoms with Crippen LogP contribution in [0.3, 0.4) is 0 Å². The minimum Gasteiger partial charge on any atom is -0.377 e. The smallest absolute Gasteiger partial charge is 0.377 e. The van der Waals surface area contributed by atoms with E-state index in [1.165, 1.54) is 4.40 Å². The molecule has 196 valence electrons. The first-order chi connectivity index (χ1) is 17.6. The Labute approximate surface area is 210 Å². The fourth-order valence-electron chi connectivity index (χ4n) is 6.64. The number of ether oxygens (including phenoxy) is 2. The van der Waals surface area contributed by atoms with Gasteiger partial charge in [0.05, 0.1) is 48.4 Å². The molecule has 2 aliphatic heterocycles. The summed E-state index contributed by atoms with van der Waals surface area (Å²) in [6, 6.07) is 0.247. The van der Waals surface area contributed by atoms with Crippen LogP contribution in [0.2, 0.25) is 0 Å². The summed E-state index contributed by atoms with van der Waals surface area (Å²) in [7, 11) is 0. The van der Waals surface area contributed by atoms with Gasteiger partial charge in [0.15, 0.2) is 5.65 Å². The number of alkyl halides is 3. The monoisotopic (exact) mass is 515 g/mol. The van der Waals surface area contributed by atoms with Crippen molar-refractivity contribution < 1.29 is 22.6 Å². The maximum atomic E-state index is 13.6.